The van der Waals surface area contributed by atoms with Crippen LogP contribution in [0.2, 0.25) is 0 Å². The number of hydrogen-bond acceptors (Lipinski definition) is 1. The molecular formula is C36H26BrN. The summed E-state index contributed by atoms with van der Waals surface area (Å²) in [6, 6.07) is 55.7. The van der Waals surface area contributed by atoms with Gasteiger partial charge in [0, 0.05) is 21.5 Å². The van der Waals surface area contributed by atoms with Crippen LogP contribution in [0.25, 0.3) is 33.4 Å². The highest BCUT2D eigenvalue weighted by Gasteiger charge is 2.15. The zero-order valence-electron chi connectivity index (χ0n) is 20.8. The van der Waals surface area contributed by atoms with E-state index >= 15 is 0 Å². The molecule has 6 rings (SSSR count). The molecule has 0 bridgehead atoms. The predicted octanol–water partition coefficient (Wildman–Crippen LogP) is 10.9. The van der Waals surface area contributed by atoms with Crippen LogP contribution >= 0.6 is 15.9 Å². The first-order valence-corrected chi connectivity index (χ1v) is 13.5. The fourth-order valence-electron chi connectivity index (χ4n) is 4.95. The minimum Gasteiger partial charge on any atom is -0.310 e. The number of nitrogens with zero attached hydrogens (tertiary/aromatic N) is 1. The van der Waals surface area contributed by atoms with E-state index in [1.54, 1.807) is 0 Å². The van der Waals surface area contributed by atoms with E-state index in [1.165, 1.54) is 33.4 Å². The minimum absolute atomic E-state index is 1.09. The third kappa shape index (κ3) is 4.91. The second kappa shape index (κ2) is 10.9. The summed E-state index contributed by atoms with van der Waals surface area (Å²) < 4.78 is 1.09. The topological polar surface area (TPSA) is 3.24 Å². The normalized spacial score (nSPS) is 10.8. The van der Waals surface area contributed by atoms with Gasteiger partial charge in [0.25, 0.3) is 0 Å². The summed E-state index contributed by atoms with van der Waals surface area (Å²) in [5, 5.41) is 0. The Hall–Kier alpha value is -4.40. The Morgan fingerprint density at radius 2 is 0.763 bits per heavy atom. The Kier molecular flexibility index (Phi) is 6.89. The van der Waals surface area contributed by atoms with Gasteiger partial charge in [-0.15, -0.1) is 0 Å². The van der Waals surface area contributed by atoms with Gasteiger partial charge in [-0.05, 0) is 75.8 Å². The molecule has 0 N–H and O–H groups in total. The van der Waals surface area contributed by atoms with Crippen LogP contribution in [0.4, 0.5) is 17.1 Å². The molecule has 0 heterocycles. The maximum atomic E-state index is 3.73. The van der Waals surface area contributed by atoms with Crippen molar-refractivity contribution in [3.05, 3.63) is 162 Å². The molecule has 0 atom stereocenters. The molecule has 0 aliphatic rings. The Labute approximate surface area is 232 Å². The van der Waals surface area contributed by atoms with Crippen LogP contribution in [0.15, 0.2) is 162 Å². The lowest BCUT2D eigenvalue weighted by molar-refractivity contribution is 1.28. The summed E-state index contributed by atoms with van der Waals surface area (Å²) >= 11 is 3.73. The SMILES string of the molecule is Brc1ccccc1-c1cccc(N(c2ccccc2)c2cccc(-c3ccccc3-c3ccccc3)c2)c1. The van der Waals surface area contributed by atoms with Gasteiger partial charge in [-0.3, -0.25) is 0 Å². The lowest BCUT2D eigenvalue weighted by atomic mass is 9.94. The molecule has 6 aromatic carbocycles. The van der Waals surface area contributed by atoms with Crippen LogP contribution < -0.4 is 4.90 Å². The van der Waals surface area contributed by atoms with Crippen molar-refractivity contribution in [3.63, 3.8) is 0 Å². The van der Waals surface area contributed by atoms with Gasteiger partial charge in [-0.2, -0.15) is 0 Å². The lowest BCUT2D eigenvalue weighted by Gasteiger charge is -2.26. The first kappa shape index (κ1) is 24.0. The highest BCUT2D eigenvalue weighted by molar-refractivity contribution is 9.10. The molecule has 0 saturated carbocycles. The van der Waals surface area contributed by atoms with Crippen molar-refractivity contribution in [2.24, 2.45) is 0 Å². The molecule has 0 aromatic heterocycles. The minimum atomic E-state index is 1.09. The van der Waals surface area contributed by atoms with Gasteiger partial charge in [0.1, 0.15) is 0 Å². The van der Waals surface area contributed by atoms with Gasteiger partial charge in [-0.1, -0.05) is 131 Å². The smallest absolute Gasteiger partial charge is 0.0467 e. The second-order valence-corrected chi connectivity index (χ2v) is 10.0. The molecule has 0 fully saturated rings. The van der Waals surface area contributed by atoms with Crippen molar-refractivity contribution >= 4 is 33.0 Å². The molecule has 0 radical (unpaired) electrons. The van der Waals surface area contributed by atoms with Gasteiger partial charge in [-0.25, -0.2) is 0 Å². The molecule has 2 heteroatoms. The molecule has 1 nitrogen and oxygen atoms in total. The van der Waals surface area contributed by atoms with Crippen LogP contribution in [0.3, 0.4) is 0 Å². The number of rotatable bonds is 6. The van der Waals surface area contributed by atoms with Gasteiger partial charge < -0.3 is 4.90 Å². The van der Waals surface area contributed by atoms with Crippen LogP contribution in [0.1, 0.15) is 0 Å². The number of halogens is 1. The average Bonchev–Trinajstić information content (AvgIpc) is 2.99. The standard InChI is InChI=1S/C36H26BrN/c37-36-24-10-9-23-35(36)29-16-12-20-32(26-29)38(30-17-5-2-6-18-30)31-19-11-15-28(25-31)34-22-8-7-21-33(34)27-13-3-1-4-14-27/h1-26H. The maximum absolute atomic E-state index is 3.73. The van der Waals surface area contributed by atoms with E-state index in [-0.39, 0.29) is 0 Å². The van der Waals surface area contributed by atoms with Crippen LogP contribution in [-0.2, 0) is 0 Å². The fraction of sp³-hybridized carbons (Fsp3) is 0. The number of anilines is 3. The number of hydrogen-bond donors (Lipinski definition) is 0. The van der Waals surface area contributed by atoms with Gasteiger partial charge in [0.15, 0.2) is 0 Å². The molecule has 0 aliphatic heterocycles. The van der Waals surface area contributed by atoms with E-state index in [4.69, 9.17) is 0 Å². The van der Waals surface area contributed by atoms with E-state index in [0.29, 0.717) is 0 Å². The van der Waals surface area contributed by atoms with Crippen LogP contribution in [-0.4, -0.2) is 0 Å². The largest absolute Gasteiger partial charge is 0.310 e. The third-order valence-corrected chi connectivity index (χ3v) is 7.42. The lowest BCUT2D eigenvalue weighted by Crippen LogP contribution is -2.10. The Bertz CT molecular complexity index is 1680. The highest BCUT2D eigenvalue weighted by Crippen LogP contribution is 2.40. The highest BCUT2D eigenvalue weighted by atomic mass is 79.9. The zero-order valence-corrected chi connectivity index (χ0v) is 22.4. The Morgan fingerprint density at radius 3 is 1.37 bits per heavy atom. The van der Waals surface area contributed by atoms with Crippen molar-refractivity contribution in [3.8, 4) is 33.4 Å². The first-order chi connectivity index (χ1) is 18.8. The molecule has 6 aromatic rings. The zero-order chi connectivity index (χ0) is 25.7. The van der Waals surface area contributed by atoms with Gasteiger partial charge >= 0.3 is 0 Å². The maximum Gasteiger partial charge on any atom is 0.0467 e. The molecule has 0 spiro atoms. The van der Waals surface area contributed by atoms with Crippen molar-refractivity contribution < 1.29 is 0 Å². The van der Waals surface area contributed by atoms with Crippen molar-refractivity contribution in [2.45, 2.75) is 0 Å². The monoisotopic (exact) mass is 551 g/mol. The summed E-state index contributed by atoms with van der Waals surface area (Å²) in [4.78, 5) is 2.33. The fourth-order valence-corrected chi connectivity index (χ4v) is 5.46. The third-order valence-electron chi connectivity index (χ3n) is 6.73. The number of benzene rings is 6. The number of para-hydroxylation sites is 1. The van der Waals surface area contributed by atoms with Crippen molar-refractivity contribution in [1.29, 1.82) is 0 Å². The van der Waals surface area contributed by atoms with Gasteiger partial charge in [0.05, 0.1) is 0 Å². The molecule has 0 amide bonds. The van der Waals surface area contributed by atoms with E-state index in [2.05, 4.69) is 172 Å². The second-order valence-electron chi connectivity index (χ2n) is 9.16. The van der Waals surface area contributed by atoms with E-state index in [0.717, 1.165) is 21.5 Å². The Morgan fingerprint density at radius 1 is 0.342 bits per heavy atom. The summed E-state index contributed by atoms with van der Waals surface area (Å²) in [7, 11) is 0. The summed E-state index contributed by atoms with van der Waals surface area (Å²) in [5.41, 5.74) is 10.5. The van der Waals surface area contributed by atoms with Crippen molar-refractivity contribution in [2.75, 3.05) is 4.90 Å². The van der Waals surface area contributed by atoms with Gasteiger partial charge in [0.2, 0.25) is 0 Å². The Balaban J connectivity index is 1.49. The average molecular weight is 553 g/mol. The quantitative estimate of drug-likeness (QED) is 0.199. The molecule has 0 saturated heterocycles. The summed E-state index contributed by atoms with van der Waals surface area (Å²) in [6.07, 6.45) is 0. The molecule has 0 aliphatic carbocycles. The summed E-state index contributed by atoms with van der Waals surface area (Å²) in [6.45, 7) is 0. The first-order valence-electron chi connectivity index (χ1n) is 12.7. The van der Waals surface area contributed by atoms with Crippen LogP contribution in [0.5, 0.6) is 0 Å². The van der Waals surface area contributed by atoms with E-state index in [9.17, 15) is 0 Å². The molecule has 182 valence electrons. The van der Waals surface area contributed by atoms with E-state index in [1.807, 2.05) is 6.07 Å². The summed E-state index contributed by atoms with van der Waals surface area (Å²) in [5.74, 6) is 0. The molecule has 0 unspecified atom stereocenters. The molecular weight excluding hydrogens is 526 g/mol. The van der Waals surface area contributed by atoms with Crippen LogP contribution in [0, 0.1) is 0 Å². The van der Waals surface area contributed by atoms with E-state index < -0.39 is 0 Å². The predicted molar refractivity (Wildman–Crippen MR) is 165 cm³/mol. The molecule has 38 heavy (non-hydrogen) atoms. The van der Waals surface area contributed by atoms with Crippen molar-refractivity contribution in [1.82, 2.24) is 0 Å².